The Hall–Kier alpha value is -8.46. The van der Waals surface area contributed by atoms with E-state index in [4.69, 9.17) is 95.1 Å². The van der Waals surface area contributed by atoms with Gasteiger partial charge in [0.2, 0.25) is 0 Å². The molecule has 0 spiro atoms. The molecule has 4 fully saturated rings. The van der Waals surface area contributed by atoms with E-state index in [0.29, 0.717) is 94.4 Å². The first-order valence-corrected chi connectivity index (χ1v) is 48.7. The van der Waals surface area contributed by atoms with E-state index < -0.39 is 18.1 Å². The molecule has 10 heterocycles. The summed E-state index contributed by atoms with van der Waals surface area (Å²) in [4.78, 5) is 69.0. The number of carbonyl (C=O) groups excluding carboxylic acids is 3. The summed E-state index contributed by atoms with van der Waals surface area (Å²) < 4.78 is 31.8. The molecule has 30 heteroatoms. The standard InChI is InChI=1S/C34H36BrClN4O4S.C32H30BrClN4O2S2.C31H30BrClN4O2S/c1-42-18-15-38(16-19-43-2)14-3-17-44-26-11-4-22(5-12-26)32-31-28(27-20-23(35)6-13-29(27)37-31)21-30-33(41)39(34(45)40(30)32)25-9-7-24(36)8-10-25;33-21-4-11-27-25(18-21)26-19-28-31(39)37(23-7-5-22(34)6-8-23)32(41)38(28)30(29(26)35-27)20-2-9-24(10-3-20)40-15-1-12-36-13-16-42-17-14-36;1-18(2)34-14-3-15-39-23-11-4-19(5-12-23)29-28-25(24-16-20(32)6-13-26(24)35-28)17-27-30(38)36(31(40)37(27)29)22-9-7-21(33)8-10-22/h4-13,20,30,32,37H,3,14-19,21H2,1-2H3;2-11,18,28,30,35H,1,12-17,19H2;4-13,16,18,27,29,34-35H,3,14-15,17H2,1-2H3. The van der Waals surface area contributed by atoms with E-state index in [1.807, 2.05) is 103 Å². The topological polar surface area (TPSA) is 183 Å². The summed E-state index contributed by atoms with van der Waals surface area (Å²) in [5.41, 5.74) is 15.0. The predicted octanol–water partition coefficient (Wildman–Crippen LogP) is 20.6. The number of carbonyl (C=O) groups is 3. The number of thioether (sulfide) groups is 1. The van der Waals surface area contributed by atoms with Gasteiger partial charge in [-0.15, -0.1) is 0 Å². The minimum absolute atomic E-state index is 0.0189. The summed E-state index contributed by atoms with van der Waals surface area (Å²) in [6.45, 7) is 14.6. The number of anilines is 3. The summed E-state index contributed by atoms with van der Waals surface area (Å²) in [5, 5.41) is 10.1. The van der Waals surface area contributed by atoms with Gasteiger partial charge in [0.05, 0.1) is 68.2 Å². The fraction of sp³-hybridized carbons (Fsp3) is 0.320. The Kier molecular flexibility index (Phi) is 28.9. The van der Waals surface area contributed by atoms with Crippen molar-refractivity contribution in [3.05, 3.63) is 279 Å². The molecule has 658 valence electrons. The van der Waals surface area contributed by atoms with Gasteiger partial charge in [0.25, 0.3) is 17.7 Å². The number of aromatic amines is 3. The van der Waals surface area contributed by atoms with Crippen molar-refractivity contribution >= 4 is 214 Å². The van der Waals surface area contributed by atoms with Crippen LogP contribution in [0.15, 0.2) is 214 Å². The number of nitrogens with zero attached hydrogens (tertiary/aromatic N) is 8. The zero-order valence-electron chi connectivity index (χ0n) is 70.5. The molecule has 12 aromatic rings. The molecular weight excluding hydrogens is 1940 g/mol. The number of H-pyrrole nitrogens is 3. The van der Waals surface area contributed by atoms with Crippen molar-refractivity contribution in [1.82, 2.24) is 44.8 Å². The summed E-state index contributed by atoms with van der Waals surface area (Å²) in [6, 6.07) is 63.5. The number of ether oxygens (including phenoxy) is 5. The molecule has 9 aromatic carbocycles. The van der Waals surface area contributed by atoms with Crippen molar-refractivity contribution in [1.29, 1.82) is 0 Å². The second-order valence-electron chi connectivity index (χ2n) is 32.7. The van der Waals surface area contributed by atoms with Crippen molar-refractivity contribution in [2.24, 2.45) is 0 Å². The first-order chi connectivity index (χ1) is 61.7. The van der Waals surface area contributed by atoms with E-state index in [9.17, 15) is 14.4 Å². The van der Waals surface area contributed by atoms with Crippen LogP contribution in [0.2, 0.25) is 15.1 Å². The predicted molar refractivity (Wildman–Crippen MR) is 533 cm³/mol. The highest BCUT2D eigenvalue weighted by molar-refractivity contribution is 9.11. The third-order valence-corrected chi connectivity index (χ3v) is 28.8. The molecule has 4 N–H and O–H groups in total. The average Bonchev–Trinajstić information content (AvgIpc) is 1.67. The van der Waals surface area contributed by atoms with Gasteiger partial charge < -0.3 is 63.6 Å². The maximum absolute atomic E-state index is 14.0. The largest absolute Gasteiger partial charge is 0.494 e. The first kappa shape index (κ1) is 90.5. The summed E-state index contributed by atoms with van der Waals surface area (Å²) >= 11 is 49.5. The fourth-order valence-electron chi connectivity index (χ4n) is 18.3. The second-order valence-corrected chi connectivity index (χ2v) is 39.1. The second kappa shape index (κ2) is 40.5. The molecule has 3 aromatic heterocycles. The van der Waals surface area contributed by atoms with E-state index in [0.717, 1.165) is 177 Å². The van der Waals surface area contributed by atoms with Gasteiger partial charge >= 0.3 is 0 Å². The van der Waals surface area contributed by atoms with Gasteiger partial charge in [0, 0.05) is 169 Å². The van der Waals surface area contributed by atoms with Crippen LogP contribution < -0.4 is 34.2 Å². The monoisotopic (exact) mass is 2030 g/mol. The van der Waals surface area contributed by atoms with Crippen LogP contribution in [0.5, 0.6) is 17.2 Å². The number of thiocarbonyl (C=S) groups is 3. The molecular formula is C97H96Br3Cl3N12O8S4. The van der Waals surface area contributed by atoms with E-state index in [1.54, 1.807) is 65.3 Å². The van der Waals surface area contributed by atoms with Crippen molar-refractivity contribution in [3.8, 4) is 17.2 Å². The molecule has 0 radical (unpaired) electrons. The minimum Gasteiger partial charge on any atom is -0.494 e. The molecule has 7 aliphatic rings. The van der Waals surface area contributed by atoms with Crippen LogP contribution in [0, 0.1) is 0 Å². The molecule has 3 amide bonds. The lowest BCUT2D eigenvalue weighted by Crippen LogP contribution is -2.44. The van der Waals surface area contributed by atoms with E-state index in [1.165, 1.54) is 24.6 Å². The van der Waals surface area contributed by atoms with E-state index in [2.05, 4.69) is 179 Å². The fourth-order valence-corrected chi connectivity index (χ4v) is 22.0. The molecule has 4 saturated heterocycles. The zero-order valence-corrected chi connectivity index (χ0v) is 80.8. The minimum atomic E-state index is -0.432. The Morgan fingerprint density at radius 1 is 0.441 bits per heavy atom. The number of amides is 3. The smallest absolute Gasteiger partial charge is 0.256 e. The first-order valence-electron chi connectivity index (χ1n) is 42.8. The number of methoxy groups -OCH3 is 2. The summed E-state index contributed by atoms with van der Waals surface area (Å²) in [6.07, 6.45) is 4.52. The third kappa shape index (κ3) is 19.4. The molecule has 7 aliphatic heterocycles. The molecule has 0 bridgehead atoms. The lowest BCUT2D eigenvalue weighted by Gasteiger charge is -2.37. The van der Waals surface area contributed by atoms with Crippen LogP contribution in [0.3, 0.4) is 0 Å². The molecule has 19 rings (SSSR count). The van der Waals surface area contributed by atoms with Gasteiger partial charge in [-0.25, -0.2) is 0 Å². The molecule has 0 saturated carbocycles. The van der Waals surface area contributed by atoms with Crippen molar-refractivity contribution < 1.29 is 38.1 Å². The SMILES string of the molecule is CC(C)NCCCOc1ccc(C2c3[nH]c4ccc(Br)cc4c3CC3C(=O)N(c4ccc(Cl)cc4)C(=S)N32)cc1.COCCN(CCCOc1ccc(C2c3[nH]c4ccc(Br)cc4c3CC3C(=O)N(c4ccc(Cl)cc4)C(=S)N32)cc1)CCOC.O=C1C2Cc3c([nH]c4ccc(Br)cc34)C(c3ccc(OCCCN4CCSCC4)cc3)N2C(=S)N1c1ccc(Cl)cc1. The average molecular weight is 2030 g/mol. The lowest BCUT2D eigenvalue weighted by molar-refractivity contribution is -0.120. The van der Waals surface area contributed by atoms with Crippen LogP contribution in [-0.2, 0) is 43.1 Å². The van der Waals surface area contributed by atoms with Crippen LogP contribution in [0.25, 0.3) is 32.7 Å². The van der Waals surface area contributed by atoms with E-state index in [-0.39, 0.29) is 35.8 Å². The Labute approximate surface area is 799 Å². The highest BCUT2D eigenvalue weighted by atomic mass is 79.9. The van der Waals surface area contributed by atoms with Gasteiger partial charge in [-0.1, -0.05) is 133 Å². The van der Waals surface area contributed by atoms with Crippen LogP contribution in [-0.4, -0.2) is 201 Å². The lowest BCUT2D eigenvalue weighted by atomic mass is 9.89. The Bertz CT molecular complexity index is 6020. The van der Waals surface area contributed by atoms with Gasteiger partial charge in [-0.05, 0) is 260 Å². The van der Waals surface area contributed by atoms with E-state index >= 15 is 0 Å². The number of rotatable bonds is 28. The van der Waals surface area contributed by atoms with Crippen LogP contribution >= 0.6 is 131 Å². The van der Waals surface area contributed by atoms with Gasteiger partial charge in [-0.2, -0.15) is 11.8 Å². The zero-order chi connectivity index (χ0) is 88.3. The van der Waals surface area contributed by atoms with Gasteiger partial charge in [0.15, 0.2) is 15.3 Å². The van der Waals surface area contributed by atoms with Crippen LogP contribution in [0.4, 0.5) is 17.1 Å². The highest BCUT2D eigenvalue weighted by Crippen LogP contribution is 2.50. The normalized spacial score (nSPS) is 19.0. The number of benzene rings is 9. The van der Waals surface area contributed by atoms with Gasteiger partial charge in [0.1, 0.15) is 35.4 Å². The van der Waals surface area contributed by atoms with Crippen molar-refractivity contribution in [2.45, 2.75) is 94.7 Å². The Balaban J connectivity index is 0.000000134. The number of fused-ring (bicyclic) bond motifs is 12. The maximum atomic E-state index is 14.0. The number of hydrogen-bond donors (Lipinski definition) is 4. The van der Waals surface area contributed by atoms with Crippen molar-refractivity contribution in [3.63, 3.8) is 0 Å². The van der Waals surface area contributed by atoms with Crippen molar-refractivity contribution in [2.75, 3.05) is 119 Å². The highest BCUT2D eigenvalue weighted by Gasteiger charge is 2.54. The molecule has 6 atom stereocenters. The Morgan fingerprint density at radius 2 is 0.772 bits per heavy atom. The maximum Gasteiger partial charge on any atom is 0.256 e. The molecule has 127 heavy (non-hydrogen) atoms. The summed E-state index contributed by atoms with van der Waals surface area (Å²) in [5.74, 6) is 4.85. The molecule has 20 nitrogen and oxygen atoms in total. The quantitative estimate of drug-likeness (QED) is 0.0268. The number of nitrogens with one attached hydrogen (secondary N) is 4. The molecule has 6 unspecified atom stereocenters. The number of halogens is 6. The third-order valence-electron chi connectivity index (χ3n) is 24.4. The Morgan fingerprint density at radius 3 is 1.10 bits per heavy atom. The summed E-state index contributed by atoms with van der Waals surface area (Å²) in [7, 11) is 3.44. The van der Waals surface area contributed by atoms with Gasteiger partial charge in [-0.3, -0.25) is 34.0 Å². The number of hydrogen-bond acceptors (Lipinski definition) is 15. The number of aromatic nitrogens is 3. The van der Waals surface area contributed by atoms with Crippen LogP contribution in [0.1, 0.15) is 102 Å². The molecule has 0 aliphatic carbocycles.